The third-order valence-electron chi connectivity index (χ3n) is 6.27. The summed E-state index contributed by atoms with van der Waals surface area (Å²) in [5.74, 6) is 1.25. The van der Waals surface area contributed by atoms with Crippen LogP contribution in [0.15, 0.2) is 33.8 Å². The summed E-state index contributed by atoms with van der Waals surface area (Å²) in [6.07, 6.45) is 2.32. The lowest BCUT2D eigenvalue weighted by atomic mass is 9.93. The van der Waals surface area contributed by atoms with E-state index in [0.717, 1.165) is 55.1 Å². The predicted molar refractivity (Wildman–Crippen MR) is 121 cm³/mol. The van der Waals surface area contributed by atoms with Gasteiger partial charge < -0.3 is 19.0 Å². The number of piperazine rings is 1. The van der Waals surface area contributed by atoms with E-state index in [1.807, 2.05) is 17.9 Å². The molecule has 2 aromatic rings. The maximum Gasteiger partial charge on any atom is 0.289 e. The van der Waals surface area contributed by atoms with E-state index in [1.54, 1.807) is 18.2 Å². The molecule has 1 aliphatic heterocycles. The average molecular weight is 439 g/mol. The van der Waals surface area contributed by atoms with E-state index in [2.05, 4.69) is 22.4 Å². The molecule has 8 nitrogen and oxygen atoms in total. The number of para-hydroxylation sites is 1. The first-order valence-corrected chi connectivity index (χ1v) is 11.2. The maximum absolute atomic E-state index is 13.2. The second-order valence-electron chi connectivity index (χ2n) is 8.13. The number of amides is 2. The van der Waals surface area contributed by atoms with Crippen molar-refractivity contribution in [1.29, 1.82) is 0 Å². The van der Waals surface area contributed by atoms with E-state index in [9.17, 15) is 9.59 Å². The number of methoxy groups -OCH3 is 1. The highest BCUT2D eigenvalue weighted by Gasteiger charge is 2.31. The minimum absolute atomic E-state index is 0.0648. The van der Waals surface area contributed by atoms with Crippen LogP contribution in [0.4, 0.5) is 0 Å². The summed E-state index contributed by atoms with van der Waals surface area (Å²) in [6, 6.07) is 7.02. The fourth-order valence-corrected chi connectivity index (χ4v) is 4.41. The molecular formula is C24H30N4O4. The van der Waals surface area contributed by atoms with Gasteiger partial charge in [0.15, 0.2) is 5.76 Å². The van der Waals surface area contributed by atoms with Crippen molar-refractivity contribution in [2.45, 2.75) is 33.1 Å². The first kappa shape index (κ1) is 22.1. The lowest BCUT2D eigenvalue weighted by Crippen LogP contribution is -2.48. The Balaban J connectivity index is 1.54. The highest BCUT2D eigenvalue weighted by atomic mass is 16.5. The van der Waals surface area contributed by atoms with Gasteiger partial charge in [-0.15, -0.1) is 0 Å². The molecule has 0 atom stereocenters. The van der Waals surface area contributed by atoms with E-state index in [4.69, 9.17) is 9.15 Å². The smallest absolute Gasteiger partial charge is 0.289 e. The van der Waals surface area contributed by atoms with Gasteiger partial charge in [-0.1, -0.05) is 19.1 Å². The zero-order valence-corrected chi connectivity index (χ0v) is 18.9. The Bertz CT molecular complexity index is 1030. The second-order valence-corrected chi connectivity index (χ2v) is 8.13. The number of carbonyl (C=O) groups is 2. The number of nitrogens with one attached hydrogen (secondary N) is 1. The van der Waals surface area contributed by atoms with E-state index in [1.165, 1.54) is 7.11 Å². The third kappa shape index (κ3) is 4.27. The molecule has 1 aliphatic carbocycles. The number of hydrogen-bond donors (Lipinski definition) is 1. The number of likely N-dealkylation sites (N-methyl/N-ethyl adjacent to an activating group) is 1. The van der Waals surface area contributed by atoms with Crippen LogP contribution in [0.1, 0.15) is 57.6 Å². The highest BCUT2D eigenvalue weighted by Crippen LogP contribution is 2.31. The van der Waals surface area contributed by atoms with Gasteiger partial charge >= 0.3 is 0 Å². The van der Waals surface area contributed by atoms with Crippen LogP contribution in [-0.2, 0) is 6.42 Å². The van der Waals surface area contributed by atoms with Crippen molar-refractivity contribution in [3.63, 3.8) is 0 Å². The summed E-state index contributed by atoms with van der Waals surface area (Å²) in [4.78, 5) is 30.0. The highest BCUT2D eigenvalue weighted by molar-refractivity contribution is 6.07. The molecule has 0 unspecified atom stereocenters. The minimum Gasteiger partial charge on any atom is -0.496 e. The average Bonchev–Trinajstić information content (AvgIpc) is 3.19. The first-order chi connectivity index (χ1) is 15.5. The van der Waals surface area contributed by atoms with Crippen molar-refractivity contribution in [3.05, 3.63) is 52.5 Å². The monoisotopic (exact) mass is 438 g/mol. The molecule has 0 radical (unpaired) electrons. The molecule has 1 N–H and O–H groups in total. The van der Waals surface area contributed by atoms with E-state index < -0.39 is 0 Å². The summed E-state index contributed by atoms with van der Waals surface area (Å²) in [5.41, 5.74) is 5.46. The van der Waals surface area contributed by atoms with Gasteiger partial charge in [-0.2, -0.15) is 5.10 Å². The molecule has 4 rings (SSSR count). The van der Waals surface area contributed by atoms with E-state index in [0.29, 0.717) is 36.6 Å². The summed E-state index contributed by atoms with van der Waals surface area (Å²) in [7, 11) is 1.53. The molecule has 0 bridgehead atoms. The van der Waals surface area contributed by atoms with Gasteiger partial charge in [-0.25, -0.2) is 5.43 Å². The Morgan fingerprint density at radius 1 is 1.16 bits per heavy atom. The Morgan fingerprint density at radius 3 is 2.62 bits per heavy atom. The summed E-state index contributed by atoms with van der Waals surface area (Å²) >= 11 is 0. The molecule has 1 aromatic heterocycles. The van der Waals surface area contributed by atoms with Crippen LogP contribution in [-0.4, -0.2) is 67.2 Å². The lowest BCUT2D eigenvalue weighted by Gasteiger charge is -2.33. The van der Waals surface area contributed by atoms with Crippen molar-refractivity contribution in [2.24, 2.45) is 5.10 Å². The maximum atomic E-state index is 13.2. The van der Waals surface area contributed by atoms with Crippen molar-refractivity contribution in [3.8, 4) is 5.75 Å². The SMILES string of the molecule is CCN1CCN(C(=O)c2oc3c(c2C)/C(=N/NC(=O)c2ccccc2OC)CCC3)CC1. The van der Waals surface area contributed by atoms with Gasteiger partial charge in [0, 0.05) is 43.7 Å². The molecule has 1 saturated heterocycles. The van der Waals surface area contributed by atoms with Crippen LogP contribution in [0.3, 0.4) is 0 Å². The first-order valence-electron chi connectivity index (χ1n) is 11.2. The molecule has 2 aliphatic rings. The number of fused-ring (bicyclic) bond motifs is 1. The molecule has 32 heavy (non-hydrogen) atoms. The number of carbonyl (C=O) groups excluding carboxylic acids is 2. The standard InChI is InChI=1S/C24H30N4O4/c1-4-27-12-14-28(15-13-27)24(30)22-16(2)21-18(9-7-11-20(21)32-22)25-26-23(29)17-8-5-6-10-19(17)31-3/h5-6,8,10H,4,7,9,11-15H2,1-3H3,(H,26,29)/b25-18+. The number of hydrogen-bond acceptors (Lipinski definition) is 6. The van der Waals surface area contributed by atoms with Crippen LogP contribution in [0.25, 0.3) is 0 Å². The van der Waals surface area contributed by atoms with Crippen molar-refractivity contribution < 1.29 is 18.7 Å². The molecule has 8 heteroatoms. The number of ether oxygens (including phenoxy) is 1. The van der Waals surface area contributed by atoms with Crippen LogP contribution in [0, 0.1) is 6.92 Å². The van der Waals surface area contributed by atoms with Crippen LogP contribution in [0.5, 0.6) is 5.75 Å². The van der Waals surface area contributed by atoms with Crippen LogP contribution < -0.4 is 10.2 Å². The Labute approximate surface area is 188 Å². The number of hydrazone groups is 1. The second kappa shape index (κ2) is 9.56. The van der Waals surface area contributed by atoms with Crippen LogP contribution >= 0.6 is 0 Å². The summed E-state index contributed by atoms with van der Waals surface area (Å²) in [6.45, 7) is 8.20. The number of furan rings is 1. The predicted octanol–water partition coefficient (Wildman–Crippen LogP) is 2.84. The molecular weight excluding hydrogens is 408 g/mol. The van der Waals surface area contributed by atoms with Gasteiger partial charge in [-0.3, -0.25) is 9.59 Å². The normalized spacial score (nSPS) is 17.8. The zero-order valence-electron chi connectivity index (χ0n) is 18.9. The summed E-state index contributed by atoms with van der Waals surface area (Å²) < 4.78 is 11.3. The van der Waals surface area contributed by atoms with Gasteiger partial charge in [0.25, 0.3) is 11.8 Å². The third-order valence-corrected chi connectivity index (χ3v) is 6.27. The molecule has 2 amide bonds. The lowest BCUT2D eigenvalue weighted by molar-refractivity contribution is 0.0609. The largest absolute Gasteiger partial charge is 0.496 e. The van der Waals surface area contributed by atoms with Crippen LogP contribution in [0.2, 0.25) is 0 Å². The molecule has 1 aromatic carbocycles. The molecule has 0 spiro atoms. The quantitative estimate of drug-likeness (QED) is 0.726. The van der Waals surface area contributed by atoms with E-state index >= 15 is 0 Å². The fraction of sp³-hybridized carbons (Fsp3) is 0.458. The number of aryl methyl sites for hydroxylation is 1. The van der Waals surface area contributed by atoms with Crippen molar-refractivity contribution in [2.75, 3.05) is 39.8 Å². The van der Waals surface area contributed by atoms with Gasteiger partial charge in [-0.05, 0) is 38.4 Å². The Hall–Kier alpha value is -3.13. The Morgan fingerprint density at radius 2 is 1.91 bits per heavy atom. The van der Waals surface area contributed by atoms with Crippen molar-refractivity contribution >= 4 is 17.5 Å². The number of nitrogens with zero attached hydrogens (tertiary/aromatic N) is 3. The van der Waals surface area contributed by atoms with Gasteiger partial charge in [0.05, 0.1) is 18.4 Å². The number of rotatable bonds is 5. The topological polar surface area (TPSA) is 87.4 Å². The summed E-state index contributed by atoms with van der Waals surface area (Å²) in [5, 5.41) is 4.41. The van der Waals surface area contributed by atoms with Gasteiger partial charge in [0.2, 0.25) is 0 Å². The minimum atomic E-state index is -0.340. The van der Waals surface area contributed by atoms with Gasteiger partial charge in [0.1, 0.15) is 11.5 Å². The Kier molecular flexibility index (Phi) is 6.60. The molecule has 0 saturated carbocycles. The van der Waals surface area contributed by atoms with Crippen molar-refractivity contribution in [1.82, 2.24) is 15.2 Å². The molecule has 1 fully saturated rings. The van der Waals surface area contributed by atoms with E-state index in [-0.39, 0.29) is 11.8 Å². The fourth-order valence-electron chi connectivity index (χ4n) is 4.41. The number of benzene rings is 1. The molecule has 2 heterocycles. The zero-order chi connectivity index (χ0) is 22.7. The molecule has 170 valence electrons.